The van der Waals surface area contributed by atoms with Gasteiger partial charge in [0.05, 0.1) is 18.7 Å². The Labute approximate surface area is 101 Å². The zero-order chi connectivity index (χ0) is 12.0. The highest BCUT2D eigenvalue weighted by Crippen LogP contribution is 2.34. The van der Waals surface area contributed by atoms with Crippen LogP contribution in [-0.2, 0) is 0 Å². The lowest BCUT2D eigenvalue weighted by Crippen LogP contribution is -2.28. The molecule has 0 saturated heterocycles. The lowest BCUT2D eigenvalue weighted by molar-refractivity contribution is 0.415. The van der Waals surface area contributed by atoms with Crippen molar-refractivity contribution >= 4 is 16.7 Å². The van der Waals surface area contributed by atoms with E-state index in [4.69, 9.17) is 4.74 Å². The Balaban J connectivity index is 2.22. The molecule has 0 aliphatic carbocycles. The number of anilines is 1. The number of ether oxygens (including phenoxy) is 1. The summed E-state index contributed by atoms with van der Waals surface area (Å²) in [5.41, 5.74) is 1.02. The molecule has 0 spiro atoms. The monoisotopic (exact) mass is 231 g/mol. The number of methoxy groups -OCH3 is 1. The number of nitrogens with one attached hydrogen (secondary N) is 1. The molecule has 0 saturated carbocycles. The van der Waals surface area contributed by atoms with Gasteiger partial charge in [-0.1, -0.05) is 0 Å². The van der Waals surface area contributed by atoms with Crippen LogP contribution in [0.15, 0.2) is 18.2 Å². The Kier molecular flexibility index (Phi) is 2.24. The highest BCUT2D eigenvalue weighted by molar-refractivity contribution is 5.91. The van der Waals surface area contributed by atoms with Crippen LogP contribution in [0.1, 0.15) is 26.3 Å². The second-order valence-corrected chi connectivity index (χ2v) is 4.81. The third-order valence-corrected chi connectivity index (χ3v) is 3.40. The molecule has 4 heteroatoms. The second kappa shape index (κ2) is 3.65. The fraction of sp³-hybridized carbons (Fsp3) is 0.462. The van der Waals surface area contributed by atoms with E-state index in [1.54, 1.807) is 7.11 Å². The van der Waals surface area contributed by atoms with Crippen LogP contribution in [0.2, 0.25) is 0 Å². The lowest BCUT2D eigenvalue weighted by atomic mass is 10.1. The molecule has 1 N–H and O–H groups in total. The molecule has 0 fully saturated rings. The highest BCUT2D eigenvalue weighted by Gasteiger charge is 2.23. The molecule has 2 aromatic rings. The molecular weight excluding hydrogens is 214 g/mol. The molecule has 17 heavy (non-hydrogen) atoms. The van der Waals surface area contributed by atoms with Crippen LogP contribution in [-0.4, -0.2) is 22.9 Å². The maximum absolute atomic E-state index is 5.27. The van der Waals surface area contributed by atoms with Crippen LogP contribution in [0, 0.1) is 0 Å². The van der Waals surface area contributed by atoms with Crippen LogP contribution < -0.4 is 10.1 Å². The van der Waals surface area contributed by atoms with Gasteiger partial charge in [-0.05, 0) is 38.5 Å². The maximum atomic E-state index is 5.27. The van der Waals surface area contributed by atoms with Gasteiger partial charge in [-0.15, -0.1) is 0 Å². The van der Waals surface area contributed by atoms with E-state index in [2.05, 4.69) is 28.9 Å². The summed E-state index contributed by atoms with van der Waals surface area (Å²) in [7, 11) is 1.69. The number of benzene rings is 1. The summed E-state index contributed by atoms with van der Waals surface area (Å²) in [5, 5.41) is 9.29. The molecule has 2 heterocycles. The molecule has 1 aliphatic heterocycles. The minimum atomic E-state index is 0.444. The van der Waals surface area contributed by atoms with E-state index in [1.165, 1.54) is 0 Å². The summed E-state index contributed by atoms with van der Waals surface area (Å²) < 4.78 is 7.36. The Morgan fingerprint density at radius 1 is 1.41 bits per heavy atom. The van der Waals surface area contributed by atoms with Crippen molar-refractivity contribution in [3.8, 4) is 5.75 Å². The summed E-state index contributed by atoms with van der Waals surface area (Å²) in [6, 6.07) is 6.95. The Morgan fingerprint density at radius 2 is 2.24 bits per heavy atom. The van der Waals surface area contributed by atoms with Crippen molar-refractivity contribution in [3.63, 3.8) is 0 Å². The molecule has 0 radical (unpaired) electrons. The predicted octanol–water partition coefficient (Wildman–Crippen LogP) is 2.81. The van der Waals surface area contributed by atoms with Crippen LogP contribution >= 0.6 is 0 Å². The van der Waals surface area contributed by atoms with Crippen LogP contribution in [0.3, 0.4) is 0 Å². The van der Waals surface area contributed by atoms with Gasteiger partial charge < -0.3 is 10.1 Å². The predicted molar refractivity (Wildman–Crippen MR) is 68.7 cm³/mol. The standard InChI is InChI=1S/C13H17N3O/c1-8-6-9(2)16-13(14-8)11-7-10(17-3)4-5-12(11)15-16/h4-5,7-9,14H,6H2,1-3H3. The molecule has 0 amide bonds. The van der Waals surface area contributed by atoms with Gasteiger partial charge in [0.2, 0.25) is 0 Å². The van der Waals surface area contributed by atoms with Crippen molar-refractivity contribution in [2.24, 2.45) is 0 Å². The third kappa shape index (κ3) is 1.55. The summed E-state index contributed by atoms with van der Waals surface area (Å²) >= 11 is 0. The number of hydrogen-bond acceptors (Lipinski definition) is 3. The second-order valence-electron chi connectivity index (χ2n) is 4.81. The zero-order valence-corrected chi connectivity index (χ0v) is 10.4. The summed E-state index contributed by atoms with van der Waals surface area (Å²) in [6.07, 6.45) is 1.11. The molecular formula is C13H17N3O. The topological polar surface area (TPSA) is 39.1 Å². The lowest BCUT2D eigenvalue weighted by Gasteiger charge is -2.28. The minimum absolute atomic E-state index is 0.444. The summed E-state index contributed by atoms with van der Waals surface area (Å²) in [6.45, 7) is 4.42. The van der Waals surface area contributed by atoms with Gasteiger partial charge in [-0.3, -0.25) is 0 Å². The third-order valence-electron chi connectivity index (χ3n) is 3.40. The molecule has 3 rings (SSSR count). The van der Waals surface area contributed by atoms with Crippen LogP contribution in [0.5, 0.6) is 5.75 Å². The highest BCUT2D eigenvalue weighted by atomic mass is 16.5. The molecule has 2 atom stereocenters. The first-order valence-corrected chi connectivity index (χ1v) is 6.02. The van der Waals surface area contributed by atoms with Gasteiger partial charge in [-0.2, -0.15) is 5.10 Å². The zero-order valence-electron chi connectivity index (χ0n) is 10.4. The largest absolute Gasteiger partial charge is 0.497 e. The van der Waals surface area contributed by atoms with Crippen molar-refractivity contribution in [2.75, 3.05) is 12.4 Å². The van der Waals surface area contributed by atoms with Gasteiger partial charge in [0, 0.05) is 11.4 Å². The van der Waals surface area contributed by atoms with E-state index < -0.39 is 0 Å². The number of hydrogen-bond donors (Lipinski definition) is 1. The van der Waals surface area contributed by atoms with Crippen molar-refractivity contribution < 1.29 is 4.74 Å². The fourth-order valence-electron chi connectivity index (χ4n) is 2.58. The molecule has 4 nitrogen and oxygen atoms in total. The molecule has 2 unspecified atom stereocenters. The van der Waals surface area contributed by atoms with Gasteiger partial charge in [0.25, 0.3) is 0 Å². The normalized spacial score (nSPS) is 23.2. The maximum Gasteiger partial charge on any atom is 0.132 e. The van der Waals surface area contributed by atoms with Crippen molar-refractivity contribution in [1.82, 2.24) is 9.78 Å². The molecule has 0 bridgehead atoms. The minimum Gasteiger partial charge on any atom is -0.497 e. The SMILES string of the molecule is COc1ccc2nn3c(c2c1)NC(C)CC3C. The number of aromatic nitrogens is 2. The summed E-state index contributed by atoms with van der Waals surface area (Å²) in [4.78, 5) is 0. The first kappa shape index (κ1) is 10.4. The van der Waals surface area contributed by atoms with Gasteiger partial charge in [0.1, 0.15) is 11.6 Å². The van der Waals surface area contributed by atoms with Crippen molar-refractivity contribution in [2.45, 2.75) is 32.4 Å². The quantitative estimate of drug-likeness (QED) is 0.820. The van der Waals surface area contributed by atoms with Crippen LogP contribution in [0.4, 0.5) is 5.82 Å². The van der Waals surface area contributed by atoms with E-state index >= 15 is 0 Å². The van der Waals surface area contributed by atoms with Crippen molar-refractivity contribution in [3.05, 3.63) is 18.2 Å². The number of fused-ring (bicyclic) bond motifs is 3. The van der Waals surface area contributed by atoms with Gasteiger partial charge in [0.15, 0.2) is 0 Å². The Hall–Kier alpha value is -1.71. The van der Waals surface area contributed by atoms with Gasteiger partial charge in [-0.25, -0.2) is 4.68 Å². The Bertz CT molecular complexity index is 561. The fourth-order valence-corrected chi connectivity index (χ4v) is 2.58. The van der Waals surface area contributed by atoms with E-state index in [0.717, 1.165) is 28.9 Å². The molecule has 1 aromatic heterocycles. The number of rotatable bonds is 1. The first-order valence-electron chi connectivity index (χ1n) is 6.02. The molecule has 1 aliphatic rings. The van der Waals surface area contributed by atoms with E-state index in [9.17, 15) is 0 Å². The number of nitrogens with zero attached hydrogens (tertiary/aromatic N) is 2. The van der Waals surface area contributed by atoms with Gasteiger partial charge >= 0.3 is 0 Å². The average molecular weight is 231 g/mol. The average Bonchev–Trinajstić information content (AvgIpc) is 2.67. The van der Waals surface area contributed by atoms with E-state index in [1.807, 2.05) is 18.2 Å². The van der Waals surface area contributed by atoms with Crippen molar-refractivity contribution in [1.29, 1.82) is 0 Å². The van der Waals surface area contributed by atoms with E-state index in [0.29, 0.717) is 12.1 Å². The smallest absolute Gasteiger partial charge is 0.132 e. The molecule has 1 aromatic carbocycles. The molecule has 90 valence electrons. The first-order chi connectivity index (χ1) is 8.19. The van der Waals surface area contributed by atoms with E-state index in [-0.39, 0.29) is 0 Å². The van der Waals surface area contributed by atoms with Crippen LogP contribution in [0.25, 0.3) is 10.9 Å². The Morgan fingerprint density at radius 3 is 3.00 bits per heavy atom. The summed E-state index contributed by atoms with van der Waals surface area (Å²) in [5.74, 6) is 1.99.